The van der Waals surface area contributed by atoms with E-state index in [0.29, 0.717) is 28.9 Å². The zero-order chi connectivity index (χ0) is 24.5. The summed E-state index contributed by atoms with van der Waals surface area (Å²) in [4.78, 5) is 25.0. The van der Waals surface area contributed by atoms with Crippen molar-refractivity contribution in [1.82, 2.24) is 0 Å². The minimum absolute atomic E-state index is 0.000395. The molecule has 2 aromatic carbocycles. The van der Waals surface area contributed by atoms with Gasteiger partial charge in [0.05, 0.1) is 5.69 Å². The maximum Gasteiger partial charge on any atom is 0.573 e. The number of carboxylic acid groups (broad SMARTS) is 1. The minimum atomic E-state index is -4.90. The number of nitrogens with zero attached hydrogens (tertiary/aromatic N) is 1. The lowest BCUT2D eigenvalue weighted by molar-refractivity contribution is -0.274. The first-order valence-electron chi connectivity index (χ1n) is 10.6. The molecule has 1 unspecified atom stereocenters. The maximum absolute atomic E-state index is 13.1. The predicted octanol–water partition coefficient (Wildman–Crippen LogP) is 6.25. The second-order valence-electron chi connectivity index (χ2n) is 8.29. The first-order valence-corrected chi connectivity index (χ1v) is 10.6. The topological polar surface area (TPSA) is 76.1 Å². The highest BCUT2D eigenvalue weighted by molar-refractivity contribution is 5.93. The number of fused-ring (bicyclic) bond motifs is 1. The summed E-state index contributed by atoms with van der Waals surface area (Å²) in [6.07, 6.45) is -5.90. The van der Waals surface area contributed by atoms with Gasteiger partial charge in [-0.2, -0.15) is 0 Å². The van der Waals surface area contributed by atoms with Crippen LogP contribution in [-0.4, -0.2) is 30.1 Å². The number of halogens is 3. The molecule has 0 saturated carbocycles. The Morgan fingerprint density at radius 3 is 2.48 bits per heavy atom. The molecule has 1 atom stereocenters. The lowest BCUT2D eigenvalue weighted by Gasteiger charge is -2.36. The lowest BCUT2D eigenvalue weighted by atomic mass is 9.89. The first-order chi connectivity index (χ1) is 15.4. The molecule has 178 valence electrons. The molecule has 0 aliphatic carbocycles. The number of alkyl halides is 3. The Morgan fingerprint density at radius 2 is 1.91 bits per heavy atom. The van der Waals surface area contributed by atoms with Gasteiger partial charge in [0, 0.05) is 24.1 Å². The fraction of sp³-hybridized carbons (Fsp3) is 0.417. The number of aliphatic carboxylic acids is 1. The maximum atomic E-state index is 13.1. The van der Waals surface area contributed by atoms with E-state index in [9.17, 15) is 22.8 Å². The van der Waals surface area contributed by atoms with E-state index in [1.807, 2.05) is 19.9 Å². The molecule has 0 radical (unpaired) electrons. The minimum Gasteiger partial charge on any atom is -0.481 e. The molecule has 1 heterocycles. The van der Waals surface area contributed by atoms with Gasteiger partial charge in [0.2, 0.25) is 0 Å². The Bertz CT molecular complexity index is 1060. The third-order valence-electron chi connectivity index (χ3n) is 5.53. The van der Waals surface area contributed by atoms with Crippen LogP contribution in [0.2, 0.25) is 0 Å². The van der Waals surface area contributed by atoms with Gasteiger partial charge in [-0.05, 0) is 67.1 Å². The highest BCUT2D eigenvalue weighted by Gasteiger charge is 2.36. The Morgan fingerprint density at radius 1 is 1.21 bits per heavy atom. The van der Waals surface area contributed by atoms with E-state index >= 15 is 0 Å². The first kappa shape index (κ1) is 24.4. The summed E-state index contributed by atoms with van der Waals surface area (Å²) in [5.41, 5.74) is 3.23. The van der Waals surface area contributed by atoms with Crippen LogP contribution in [0.3, 0.4) is 0 Å². The molecule has 0 saturated heterocycles. The molecule has 1 aliphatic heterocycles. The van der Waals surface area contributed by atoms with Crippen LogP contribution in [0.15, 0.2) is 30.3 Å². The van der Waals surface area contributed by atoms with Crippen molar-refractivity contribution in [1.29, 1.82) is 0 Å². The van der Waals surface area contributed by atoms with E-state index in [-0.39, 0.29) is 24.3 Å². The van der Waals surface area contributed by atoms with Crippen LogP contribution in [0.1, 0.15) is 50.0 Å². The molecule has 1 N–H and O–H groups in total. The van der Waals surface area contributed by atoms with E-state index in [1.54, 1.807) is 19.9 Å². The number of anilines is 1. The van der Waals surface area contributed by atoms with E-state index in [1.165, 1.54) is 23.1 Å². The van der Waals surface area contributed by atoms with Crippen LogP contribution < -0.4 is 9.64 Å². The number of hydrogen-bond donors (Lipinski definition) is 1. The molecule has 1 aliphatic rings. The Hall–Kier alpha value is -3.23. The Balaban J connectivity index is 2.20. The van der Waals surface area contributed by atoms with Gasteiger partial charge in [0.1, 0.15) is 11.9 Å². The van der Waals surface area contributed by atoms with E-state index < -0.39 is 30.3 Å². The predicted molar refractivity (Wildman–Crippen MR) is 116 cm³/mol. The smallest absolute Gasteiger partial charge is 0.481 e. The van der Waals surface area contributed by atoms with Crippen molar-refractivity contribution in [3.05, 3.63) is 47.0 Å². The molecule has 9 heteroatoms. The SMILES string of the molecule is CCN1C(=O)OC(C(C)C)c2cc(C)c(-c3cc(CCC(=O)O)ccc3OC(F)(F)F)cc21. The highest BCUT2D eigenvalue weighted by atomic mass is 19.4. The molecule has 0 bridgehead atoms. The summed E-state index contributed by atoms with van der Waals surface area (Å²) in [6, 6.07) is 7.64. The quantitative estimate of drug-likeness (QED) is 0.523. The molecule has 1 amide bonds. The van der Waals surface area contributed by atoms with Crippen LogP contribution in [0.4, 0.5) is 23.7 Å². The monoisotopic (exact) mass is 465 g/mol. The van der Waals surface area contributed by atoms with E-state index in [2.05, 4.69) is 4.74 Å². The summed E-state index contributed by atoms with van der Waals surface area (Å²) in [7, 11) is 0. The summed E-state index contributed by atoms with van der Waals surface area (Å²) < 4.78 is 49.2. The average molecular weight is 465 g/mol. The zero-order valence-electron chi connectivity index (χ0n) is 18.8. The van der Waals surface area contributed by atoms with E-state index in [4.69, 9.17) is 9.84 Å². The van der Waals surface area contributed by atoms with Crippen LogP contribution in [0.5, 0.6) is 5.75 Å². The molecule has 0 aromatic heterocycles. The van der Waals surface area contributed by atoms with Gasteiger partial charge in [0.25, 0.3) is 0 Å². The molecular formula is C24H26F3NO5. The van der Waals surface area contributed by atoms with E-state index in [0.717, 1.165) is 5.56 Å². The van der Waals surface area contributed by atoms with Crippen molar-refractivity contribution >= 4 is 17.7 Å². The van der Waals surface area contributed by atoms with Crippen LogP contribution in [0, 0.1) is 12.8 Å². The Labute approximate surface area is 189 Å². The number of rotatable bonds is 7. The Kier molecular flexibility index (Phi) is 6.90. The summed E-state index contributed by atoms with van der Waals surface area (Å²) in [5, 5.41) is 8.97. The second-order valence-corrected chi connectivity index (χ2v) is 8.29. The van der Waals surface area contributed by atoms with Crippen molar-refractivity contribution in [2.24, 2.45) is 5.92 Å². The zero-order valence-corrected chi connectivity index (χ0v) is 18.8. The van der Waals surface area contributed by atoms with Crippen molar-refractivity contribution in [2.45, 2.75) is 53.0 Å². The number of carboxylic acids is 1. The van der Waals surface area contributed by atoms with Gasteiger partial charge in [-0.15, -0.1) is 13.2 Å². The summed E-state index contributed by atoms with van der Waals surface area (Å²) >= 11 is 0. The van der Waals surface area contributed by atoms with Crippen molar-refractivity contribution < 1.29 is 37.3 Å². The number of aryl methyl sites for hydroxylation is 2. The number of ether oxygens (including phenoxy) is 2. The third kappa shape index (κ3) is 5.40. The van der Waals surface area contributed by atoms with Crippen molar-refractivity contribution in [3.8, 4) is 16.9 Å². The summed E-state index contributed by atoms with van der Waals surface area (Å²) in [6.45, 7) is 7.72. The van der Waals surface area contributed by atoms with Gasteiger partial charge < -0.3 is 14.6 Å². The molecular weight excluding hydrogens is 439 g/mol. The van der Waals surface area contributed by atoms with Gasteiger partial charge in [-0.1, -0.05) is 19.9 Å². The second kappa shape index (κ2) is 9.33. The van der Waals surface area contributed by atoms with Crippen LogP contribution >= 0.6 is 0 Å². The summed E-state index contributed by atoms with van der Waals surface area (Å²) in [5.74, 6) is -1.40. The third-order valence-corrected chi connectivity index (χ3v) is 5.53. The number of cyclic esters (lactones) is 1. The fourth-order valence-electron chi connectivity index (χ4n) is 4.01. The molecule has 3 rings (SSSR count). The van der Waals surface area contributed by atoms with Gasteiger partial charge >= 0.3 is 18.4 Å². The lowest BCUT2D eigenvalue weighted by Crippen LogP contribution is -2.38. The largest absolute Gasteiger partial charge is 0.573 e. The van der Waals surface area contributed by atoms with Crippen LogP contribution in [-0.2, 0) is 16.0 Å². The number of carbonyl (C=O) groups excluding carboxylic acids is 1. The van der Waals surface area contributed by atoms with Gasteiger partial charge in [-0.3, -0.25) is 9.69 Å². The standard InChI is InChI=1S/C24H26F3NO5/c1-5-28-19-12-16(14(4)10-18(19)22(13(2)3)32-23(28)31)17-11-15(7-9-21(29)30)6-8-20(17)33-24(25,26)27/h6,8,10-13,22H,5,7,9H2,1-4H3,(H,29,30). The molecule has 0 fully saturated rings. The van der Waals surface area contributed by atoms with Crippen molar-refractivity contribution in [2.75, 3.05) is 11.4 Å². The average Bonchev–Trinajstić information content (AvgIpc) is 2.71. The molecule has 6 nitrogen and oxygen atoms in total. The van der Waals surface area contributed by atoms with Gasteiger partial charge in [-0.25, -0.2) is 4.79 Å². The van der Waals surface area contributed by atoms with Gasteiger partial charge in [0.15, 0.2) is 0 Å². The highest BCUT2D eigenvalue weighted by Crippen LogP contribution is 2.44. The van der Waals surface area contributed by atoms with Crippen molar-refractivity contribution in [3.63, 3.8) is 0 Å². The molecule has 0 spiro atoms. The molecule has 33 heavy (non-hydrogen) atoms. The normalized spacial score (nSPS) is 15.9. The fourth-order valence-corrected chi connectivity index (χ4v) is 4.01. The number of benzene rings is 2. The number of carbonyl (C=O) groups is 2. The number of amides is 1. The molecule has 2 aromatic rings. The number of hydrogen-bond acceptors (Lipinski definition) is 4. The van der Waals surface area contributed by atoms with Crippen LogP contribution in [0.25, 0.3) is 11.1 Å².